The van der Waals surface area contributed by atoms with Gasteiger partial charge in [0.15, 0.2) is 0 Å². The lowest BCUT2D eigenvalue weighted by Gasteiger charge is -2.55. The molecule has 20 heavy (non-hydrogen) atoms. The van der Waals surface area contributed by atoms with Gasteiger partial charge in [0, 0.05) is 16.2 Å². The van der Waals surface area contributed by atoms with Gasteiger partial charge in [-0.2, -0.15) is 0 Å². The fourth-order valence-corrected chi connectivity index (χ4v) is 4.32. The van der Waals surface area contributed by atoms with Gasteiger partial charge in [0.1, 0.15) is 0 Å². The first-order chi connectivity index (χ1) is 9.51. The third-order valence-electron chi connectivity index (χ3n) is 4.93. The zero-order valence-electron chi connectivity index (χ0n) is 13.6. The highest BCUT2D eigenvalue weighted by molar-refractivity contribution is 7.99. The zero-order chi connectivity index (χ0) is 14.8. The molecule has 2 rings (SSSR count). The number of hydrogen-bond acceptors (Lipinski definition) is 2. The fourth-order valence-electron chi connectivity index (χ4n) is 3.48. The normalized spacial score (nSPS) is 29.5. The molecule has 2 heteroatoms. The molecule has 1 nitrogen and oxygen atoms in total. The van der Waals surface area contributed by atoms with Crippen LogP contribution in [-0.4, -0.2) is 17.8 Å². The fraction of sp³-hybridized carbons (Fsp3) is 0.667. The average molecular weight is 292 g/mol. The van der Waals surface area contributed by atoms with E-state index in [9.17, 15) is 0 Å². The Morgan fingerprint density at radius 2 is 1.90 bits per heavy atom. The monoisotopic (exact) mass is 291 g/mol. The van der Waals surface area contributed by atoms with Gasteiger partial charge in [0.2, 0.25) is 0 Å². The third-order valence-corrected chi connectivity index (χ3v) is 5.95. The molecule has 0 amide bonds. The summed E-state index contributed by atoms with van der Waals surface area (Å²) >= 11 is 1.95. The Kier molecular flexibility index (Phi) is 5.19. The molecule has 0 heterocycles. The third kappa shape index (κ3) is 3.07. The summed E-state index contributed by atoms with van der Waals surface area (Å²) in [5, 5.41) is 4.31. The Morgan fingerprint density at radius 1 is 1.25 bits per heavy atom. The van der Waals surface area contributed by atoms with E-state index in [1.807, 2.05) is 11.8 Å². The summed E-state index contributed by atoms with van der Waals surface area (Å²) in [4.78, 5) is 1.39. The molecule has 1 aromatic rings. The van der Waals surface area contributed by atoms with Crippen molar-refractivity contribution in [2.75, 3.05) is 6.54 Å². The molecule has 0 spiro atoms. The molecule has 1 aliphatic carbocycles. The number of hydrogen-bond donors (Lipinski definition) is 1. The van der Waals surface area contributed by atoms with Gasteiger partial charge in [-0.15, -0.1) is 11.8 Å². The van der Waals surface area contributed by atoms with Crippen LogP contribution in [-0.2, 0) is 0 Å². The quantitative estimate of drug-likeness (QED) is 0.734. The topological polar surface area (TPSA) is 12.0 Å². The molecule has 1 aliphatic rings. The van der Waals surface area contributed by atoms with Crippen molar-refractivity contribution in [1.82, 2.24) is 5.32 Å². The average Bonchev–Trinajstić information content (AvgIpc) is 2.43. The van der Waals surface area contributed by atoms with Crippen LogP contribution in [0.25, 0.3) is 0 Å². The first-order valence-electron chi connectivity index (χ1n) is 8.01. The van der Waals surface area contributed by atoms with E-state index >= 15 is 0 Å². The van der Waals surface area contributed by atoms with Gasteiger partial charge in [-0.05, 0) is 48.4 Å². The van der Waals surface area contributed by atoms with Gasteiger partial charge >= 0.3 is 0 Å². The molecule has 0 radical (unpaired) electrons. The van der Waals surface area contributed by atoms with Crippen LogP contribution in [0.1, 0.15) is 58.9 Å². The maximum absolute atomic E-state index is 3.66. The molecule has 3 unspecified atom stereocenters. The van der Waals surface area contributed by atoms with Crippen molar-refractivity contribution in [2.45, 2.75) is 69.6 Å². The number of benzene rings is 1. The van der Waals surface area contributed by atoms with E-state index in [2.05, 4.69) is 64.2 Å². The van der Waals surface area contributed by atoms with Crippen LogP contribution in [0.2, 0.25) is 0 Å². The Morgan fingerprint density at radius 3 is 2.40 bits per heavy atom. The van der Waals surface area contributed by atoms with Gasteiger partial charge in [-0.1, -0.05) is 46.8 Å². The Labute approximate surface area is 128 Å². The summed E-state index contributed by atoms with van der Waals surface area (Å²) in [6, 6.07) is 10.00. The maximum Gasteiger partial charge on any atom is 0.0132 e. The summed E-state index contributed by atoms with van der Waals surface area (Å²) in [5.74, 6) is 0.717. The van der Waals surface area contributed by atoms with Crippen LogP contribution in [0, 0.1) is 5.41 Å². The molecular formula is C18H29NS. The Bertz CT molecular complexity index is 426. The van der Waals surface area contributed by atoms with E-state index in [0.29, 0.717) is 16.7 Å². The number of rotatable bonds is 6. The molecule has 3 atom stereocenters. The summed E-state index contributed by atoms with van der Waals surface area (Å²) in [6.45, 7) is 12.6. The van der Waals surface area contributed by atoms with Crippen LogP contribution < -0.4 is 5.32 Å². The molecular weight excluding hydrogens is 262 g/mol. The van der Waals surface area contributed by atoms with Crippen molar-refractivity contribution in [3.05, 3.63) is 29.8 Å². The van der Waals surface area contributed by atoms with Gasteiger partial charge in [0.25, 0.3) is 0 Å². The van der Waals surface area contributed by atoms with Gasteiger partial charge in [0.05, 0.1) is 0 Å². The Balaban J connectivity index is 2.08. The van der Waals surface area contributed by atoms with Crippen LogP contribution in [0.5, 0.6) is 0 Å². The predicted molar refractivity (Wildman–Crippen MR) is 90.7 cm³/mol. The summed E-state index contributed by atoms with van der Waals surface area (Å²) in [7, 11) is 0. The number of thioether (sulfide) groups is 1. The lowest BCUT2D eigenvalue weighted by Crippen LogP contribution is -2.56. The summed E-state index contributed by atoms with van der Waals surface area (Å²) < 4.78 is 0. The standard InChI is InChI=1S/C18H29NS/c1-6-18(5)16(12-17(18)19-7-2)14-8-10-15(11-9-14)20-13(3)4/h8-11,13,16-17,19H,6-7,12H2,1-5H3. The second-order valence-electron chi connectivity index (χ2n) is 6.49. The van der Waals surface area contributed by atoms with Gasteiger partial charge in [-0.3, -0.25) is 0 Å². The van der Waals surface area contributed by atoms with E-state index in [-0.39, 0.29) is 0 Å². The summed E-state index contributed by atoms with van der Waals surface area (Å²) in [6.07, 6.45) is 2.53. The maximum atomic E-state index is 3.66. The molecule has 0 bridgehead atoms. The van der Waals surface area contributed by atoms with Crippen molar-refractivity contribution in [1.29, 1.82) is 0 Å². The molecule has 0 saturated heterocycles. The molecule has 1 N–H and O–H groups in total. The SMILES string of the molecule is CCNC1CC(c2ccc(SC(C)C)cc2)C1(C)CC. The minimum absolute atomic E-state index is 0.419. The van der Waals surface area contributed by atoms with Gasteiger partial charge in [-0.25, -0.2) is 0 Å². The van der Waals surface area contributed by atoms with E-state index in [1.165, 1.54) is 23.3 Å². The molecule has 1 fully saturated rings. The predicted octanol–water partition coefficient (Wildman–Crippen LogP) is 5.07. The van der Waals surface area contributed by atoms with Crippen LogP contribution >= 0.6 is 11.8 Å². The van der Waals surface area contributed by atoms with Crippen LogP contribution in [0.3, 0.4) is 0 Å². The van der Waals surface area contributed by atoms with Crippen molar-refractivity contribution < 1.29 is 0 Å². The first-order valence-corrected chi connectivity index (χ1v) is 8.89. The minimum atomic E-state index is 0.419. The second kappa shape index (κ2) is 6.53. The Hall–Kier alpha value is -0.470. The molecule has 0 aliphatic heterocycles. The van der Waals surface area contributed by atoms with E-state index in [4.69, 9.17) is 0 Å². The molecule has 1 aromatic carbocycles. The summed E-state index contributed by atoms with van der Waals surface area (Å²) in [5.41, 5.74) is 1.94. The van der Waals surface area contributed by atoms with Gasteiger partial charge < -0.3 is 5.32 Å². The lowest BCUT2D eigenvalue weighted by molar-refractivity contribution is 0.0455. The smallest absolute Gasteiger partial charge is 0.0132 e. The highest BCUT2D eigenvalue weighted by atomic mass is 32.2. The zero-order valence-corrected chi connectivity index (χ0v) is 14.4. The molecule has 0 aromatic heterocycles. The number of nitrogens with one attached hydrogen (secondary N) is 1. The van der Waals surface area contributed by atoms with Crippen molar-refractivity contribution >= 4 is 11.8 Å². The highest BCUT2D eigenvalue weighted by Gasteiger charge is 2.50. The van der Waals surface area contributed by atoms with Crippen molar-refractivity contribution in [2.24, 2.45) is 5.41 Å². The molecule has 1 saturated carbocycles. The first kappa shape index (κ1) is 15.9. The van der Waals surface area contributed by atoms with Crippen LogP contribution in [0.4, 0.5) is 0 Å². The van der Waals surface area contributed by atoms with Crippen molar-refractivity contribution in [3.63, 3.8) is 0 Å². The minimum Gasteiger partial charge on any atom is -0.314 e. The van der Waals surface area contributed by atoms with Crippen LogP contribution in [0.15, 0.2) is 29.2 Å². The van der Waals surface area contributed by atoms with E-state index in [1.54, 1.807) is 0 Å². The van der Waals surface area contributed by atoms with E-state index in [0.717, 1.165) is 12.5 Å². The highest BCUT2D eigenvalue weighted by Crippen LogP contribution is 2.54. The molecule has 112 valence electrons. The lowest BCUT2D eigenvalue weighted by atomic mass is 9.54. The van der Waals surface area contributed by atoms with E-state index < -0.39 is 0 Å². The van der Waals surface area contributed by atoms with Crippen molar-refractivity contribution in [3.8, 4) is 0 Å². The second-order valence-corrected chi connectivity index (χ2v) is 8.14. The largest absolute Gasteiger partial charge is 0.314 e.